The molecule has 0 bridgehead atoms. The lowest BCUT2D eigenvalue weighted by atomic mass is 10.1. The standard InChI is InChI=1S/C15H18N2O3/c1-11-10-13(4-2-12(11)3-5-15(19)20)17-8-6-14(18)16-7-9-17/h2-5,10H,6-9H2,1H3,(H,16,18)(H,19,20). The highest BCUT2D eigenvalue weighted by Gasteiger charge is 2.14. The Morgan fingerprint density at radius 1 is 1.40 bits per heavy atom. The highest BCUT2D eigenvalue weighted by molar-refractivity contribution is 5.85. The molecule has 1 aromatic carbocycles. The fraction of sp³-hybridized carbons (Fsp3) is 0.333. The molecule has 20 heavy (non-hydrogen) atoms. The number of carbonyl (C=O) groups excluding carboxylic acids is 1. The SMILES string of the molecule is Cc1cc(N2CCNC(=O)CC2)ccc1C=CC(=O)O. The molecule has 5 heteroatoms. The van der Waals surface area contributed by atoms with E-state index in [1.807, 2.05) is 25.1 Å². The zero-order chi connectivity index (χ0) is 14.5. The predicted octanol–water partition coefficient (Wildman–Crippen LogP) is 1.42. The second-order valence-electron chi connectivity index (χ2n) is 4.80. The van der Waals surface area contributed by atoms with Crippen molar-refractivity contribution in [1.82, 2.24) is 5.32 Å². The first kappa shape index (κ1) is 14.1. The van der Waals surface area contributed by atoms with Crippen LogP contribution < -0.4 is 10.2 Å². The van der Waals surface area contributed by atoms with Crippen LogP contribution >= 0.6 is 0 Å². The van der Waals surface area contributed by atoms with Crippen LogP contribution in [0.1, 0.15) is 17.5 Å². The van der Waals surface area contributed by atoms with Crippen molar-refractivity contribution in [3.05, 3.63) is 35.4 Å². The molecular weight excluding hydrogens is 256 g/mol. The first-order chi connectivity index (χ1) is 9.56. The average molecular weight is 274 g/mol. The Balaban J connectivity index is 2.15. The number of carbonyl (C=O) groups is 2. The van der Waals surface area contributed by atoms with E-state index in [9.17, 15) is 9.59 Å². The van der Waals surface area contributed by atoms with Gasteiger partial charge in [-0.1, -0.05) is 6.07 Å². The number of carboxylic acids is 1. The lowest BCUT2D eigenvalue weighted by Gasteiger charge is -2.22. The van der Waals surface area contributed by atoms with E-state index in [2.05, 4.69) is 10.2 Å². The van der Waals surface area contributed by atoms with E-state index < -0.39 is 5.97 Å². The quantitative estimate of drug-likeness (QED) is 0.818. The number of carboxylic acid groups (broad SMARTS) is 1. The Hall–Kier alpha value is -2.30. The average Bonchev–Trinajstić information content (AvgIpc) is 2.62. The molecule has 1 aliphatic heterocycles. The summed E-state index contributed by atoms with van der Waals surface area (Å²) in [6, 6.07) is 5.89. The van der Waals surface area contributed by atoms with Gasteiger partial charge in [-0.05, 0) is 36.3 Å². The minimum absolute atomic E-state index is 0.0882. The van der Waals surface area contributed by atoms with Gasteiger partial charge in [-0.3, -0.25) is 4.79 Å². The molecule has 0 saturated carbocycles. The van der Waals surface area contributed by atoms with Crippen molar-refractivity contribution in [2.75, 3.05) is 24.5 Å². The van der Waals surface area contributed by atoms with Crippen molar-refractivity contribution in [3.63, 3.8) is 0 Å². The third-order valence-corrected chi connectivity index (χ3v) is 3.34. The number of hydrogen-bond donors (Lipinski definition) is 2. The van der Waals surface area contributed by atoms with Crippen molar-refractivity contribution in [3.8, 4) is 0 Å². The number of aliphatic carboxylic acids is 1. The molecule has 2 N–H and O–H groups in total. The predicted molar refractivity (Wildman–Crippen MR) is 77.7 cm³/mol. The molecule has 1 saturated heterocycles. The van der Waals surface area contributed by atoms with Gasteiger partial charge < -0.3 is 15.3 Å². The maximum Gasteiger partial charge on any atom is 0.328 e. The Morgan fingerprint density at radius 3 is 2.90 bits per heavy atom. The molecule has 0 unspecified atom stereocenters. The van der Waals surface area contributed by atoms with Crippen LogP contribution in [0, 0.1) is 6.92 Å². The Morgan fingerprint density at radius 2 is 2.20 bits per heavy atom. The summed E-state index contributed by atoms with van der Waals surface area (Å²) in [5.41, 5.74) is 2.97. The summed E-state index contributed by atoms with van der Waals surface area (Å²) < 4.78 is 0. The molecule has 0 atom stereocenters. The second-order valence-corrected chi connectivity index (χ2v) is 4.80. The van der Waals surface area contributed by atoms with Gasteiger partial charge in [0.15, 0.2) is 0 Å². The van der Waals surface area contributed by atoms with Crippen LogP contribution in [0.2, 0.25) is 0 Å². The van der Waals surface area contributed by atoms with Crippen LogP contribution in [0.4, 0.5) is 5.69 Å². The van der Waals surface area contributed by atoms with Gasteiger partial charge in [0.25, 0.3) is 0 Å². The third-order valence-electron chi connectivity index (χ3n) is 3.34. The maximum atomic E-state index is 11.3. The van der Waals surface area contributed by atoms with E-state index in [4.69, 9.17) is 5.11 Å². The fourth-order valence-corrected chi connectivity index (χ4v) is 2.23. The molecule has 1 fully saturated rings. The number of benzene rings is 1. The van der Waals surface area contributed by atoms with Gasteiger partial charge in [0.2, 0.25) is 5.91 Å². The molecule has 1 amide bonds. The fourth-order valence-electron chi connectivity index (χ4n) is 2.23. The van der Waals surface area contributed by atoms with Crippen molar-refractivity contribution in [1.29, 1.82) is 0 Å². The van der Waals surface area contributed by atoms with Crippen molar-refractivity contribution in [2.45, 2.75) is 13.3 Å². The summed E-state index contributed by atoms with van der Waals surface area (Å²) in [5, 5.41) is 11.5. The number of nitrogens with zero attached hydrogens (tertiary/aromatic N) is 1. The van der Waals surface area contributed by atoms with E-state index in [1.165, 1.54) is 0 Å². The molecule has 5 nitrogen and oxygen atoms in total. The Labute approximate surface area is 117 Å². The first-order valence-electron chi connectivity index (χ1n) is 6.59. The minimum Gasteiger partial charge on any atom is -0.478 e. The molecule has 2 rings (SSSR count). The number of nitrogens with one attached hydrogen (secondary N) is 1. The smallest absolute Gasteiger partial charge is 0.328 e. The second kappa shape index (κ2) is 6.23. The van der Waals surface area contributed by atoms with Crippen LogP contribution in [-0.2, 0) is 9.59 Å². The van der Waals surface area contributed by atoms with Crippen molar-refractivity contribution >= 4 is 23.6 Å². The lowest BCUT2D eigenvalue weighted by Crippen LogP contribution is -2.28. The third kappa shape index (κ3) is 3.60. The Bertz CT molecular complexity index is 552. The van der Waals surface area contributed by atoms with E-state index in [0.717, 1.165) is 29.4 Å². The maximum absolute atomic E-state index is 11.3. The van der Waals surface area contributed by atoms with Crippen LogP contribution in [0.5, 0.6) is 0 Å². The number of anilines is 1. The van der Waals surface area contributed by atoms with Gasteiger partial charge >= 0.3 is 5.97 Å². The highest BCUT2D eigenvalue weighted by Crippen LogP contribution is 2.21. The summed E-state index contributed by atoms with van der Waals surface area (Å²) in [4.78, 5) is 24.0. The normalized spacial score (nSPS) is 16.1. The van der Waals surface area contributed by atoms with Crippen molar-refractivity contribution in [2.24, 2.45) is 0 Å². The first-order valence-corrected chi connectivity index (χ1v) is 6.59. The van der Waals surface area contributed by atoms with E-state index in [1.54, 1.807) is 6.08 Å². The number of rotatable bonds is 3. The van der Waals surface area contributed by atoms with E-state index in [0.29, 0.717) is 19.5 Å². The largest absolute Gasteiger partial charge is 0.478 e. The zero-order valence-electron chi connectivity index (χ0n) is 11.4. The molecule has 106 valence electrons. The van der Waals surface area contributed by atoms with Crippen LogP contribution in [-0.4, -0.2) is 36.6 Å². The van der Waals surface area contributed by atoms with Gasteiger partial charge in [-0.2, -0.15) is 0 Å². The van der Waals surface area contributed by atoms with E-state index in [-0.39, 0.29) is 5.91 Å². The van der Waals surface area contributed by atoms with Gasteiger partial charge in [-0.15, -0.1) is 0 Å². The zero-order valence-corrected chi connectivity index (χ0v) is 11.4. The highest BCUT2D eigenvalue weighted by atomic mass is 16.4. The molecule has 1 aromatic rings. The Kier molecular flexibility index (Phi) is 4.40. The summed E-state index contributed by atoms with van der Waals surface area (Å²) in [6.45, 7) is 4.09. The molecule has 1 heterocycles. The minimum atomic E-state index is -0.953. The summed E-state index contributed by atoms with van der Waals surface area (Å²) in [6.07, 6.45) is 3.23. The summed E-state index contributed by atoms with van der Waals surface area (Å²) in [5.74, 6) is -0.865. The lowest BCUT2D eigenvalue weighted by molar-refractivity contribution is -0.131. The van der Waals surface area contributed by atoms with Gasteiger partial charge in [0, 0.05) is 37.8 Å². The number of amides is 1. The summed E-state index contributed by atoms with van der Waals surface area (Å²) >= 11 is 0. The molecule has 0 aliphatic carbocycles. The van der Waals surface area contributed by atoms with Crippen molar-refractivity contribution < 1.29 is 14.7 Å². The van der Waals surface area contributed by atoms with Crippen LogP contribution in [0.15, 0.2) is 24.3 Å². The summed E-state index contributed by atoms with van der Waals surface area (Å²) in [7, 11) is 0. The molecule has 0 radical (unpaired) electrons. The molecule has 0 spiro atoms. The van der Waals surface area contributed by atoms with E-state index >= 15 is 0 Å². The topological polar surface area (TPSA) is 69.6 Å². The van der Waals surface area contributed by atoms with Gasteiger partial charge in [0.1, 0.15) is 0 Å². The number of hydrogen-bond acceptors (Lipinski definition) is 3. The monoisotopic (exact) mass is 274 g/mol. The molecular formula is C15H18N2O3. The van der Waals surface area contributed by atoms with Gasteiger partial charge in [-0.25, -0.2) is 4.79 Å². The molecule has 1 aliphatic rings. The van der Waals surface area contributed by atoms with Crippen LogP contribution in [0.25, 0.3) is 6.08 Å². The van der Waals surface area contributed by atoms with Gasteiger partial charge in [0.05, 0.1) is 0 Å². The molecule has 0 aromatic heterocycles. The number of aryl methyl sites for hydroxylation is 1. The van der Waals surface area contributed by atoms with Crippen LogP contribution in [0.3, 0.4) is 0 Å².